The zero-order chi connectivity index (χ0) is 18.1. The summed E-state index contributed by atoms with van der Waals surface area (Å²) in [5.41, 5.74) is 1.70. The van der Waals surface area contributed by atoms with E-state index in [4.69, 9.17) is 17.5 Å². The summed E-state index contributed by atoms with van der Waals surface area (Å²) < 4.78 is 3.14. The Morgan fingerprint density at radius 1 is 1.40 bits per heavy atom. The summed E-state index contributed by atoms with van der Waals surface area (Å²) in [4.78, 5) is 31.8. The molecule has 0 aliphatic heterocycles. The Morgan fingerprint density at radius 3 is 2.88 bits per heavy atom. The lowest BCUT2D eigenvalue weighted by Gasteiger charge is -2.02. The Labute approximate surface area is 151 Å². The number of aromatic nitrogens is 4. The summed E-state index contributed by atoms with van der Waals surface area (Å²) in [6, 6.07) is 8.57. The maximum Gasteiger partial charge on any atom is 0.330 e. The summed E-state index contributed by atoms with van der Waals surface area (Å²) in [6.45, 7) is 0. The number of nitrogens with one attached hydrogen (secondary N) is 1. The molecule has 1 aromatic carbocycles. The average molecular weight is 371 g/mol. The van der Waals surface area contributed by atoms with Gasteiger partial charge in [-0.25, -0.2) is 9.78 Å². The minimum absolute atomic E-state index is 0.111. The molecule has 126 valence electrons. The minimum atomic E-state index is -0.259. The molecule has 0 atom stereocenters. The number of fused-ring (bicyclic) bond motifs is 1. The highest BCUT2D eigenvalue weighted by Crippen LogP contribution is 2.20. The van der Waals surface area contributed by atoms with Crippen molar-refractivity contribution in [2.75, 3.05) is 5.75 Å². The van der Waals surface area contributed by atoms with Crippen molar-refractivity contribution in [2.24, 2.45) is 14.1 Å². The summed E-state index contributed by atoms with van der Waals surface area (Å²) in [5, 5.41) is 9.41. The van der Waals surface area contributed by atoms with Crippen LogP contribution in [0.2, 0.25) is 0 Å². The number of Topliss-reactive ketones (excluding diaryl/α,β-unsaturated/α-hetero) is 1. The third-order valence-corrected chi connectivity index (χ3v) is 5.08. The first-order valence-corrected chi connectivity index (χ1v) is 8.63. The number of carbonyl (C=O) groups is 1. The van der Waals surface area contributed by atoms with Crippen LogP contribution in [0, 0.1) is 16.0 Å². The summed E-state index contributed by atoms with van der Waals surface area (Å²) in [5.74, 6) is 0.0437. The number of imidazole rings is 1. The minimum Gasteiger partial charge on any atom is -0.329 e. The number of rotatable bonds is 4. The van der Waals surface area contributed by atoms with Gasteiger partial charge in [-0.15, -0.1) is 0 Å². The van der Waals surface area contributed by atoms with E-state index in [1.165, 1.54) is 20.9 Å². The zero-order valence-electron chi connectivity index (χ0n) is 13.4. The van der Waals surface area contributed by atoms with Crippen LogP contribution < -0.4 is 5.69 Å². The first-order valence-electron chi connectivity index (χ1n) is 7.24. The average Bonchev–Trinajstić information content (AvgIpc) is 3.07. The molecule has 0 aliphatic carbocycles. The van der Waals surface area contributed by atoms with Gasteiger partial charge in [0, 0.05) is 19.7 Å². The van der Waals surface area contributed by atoms with Gasteiger partial charge in [0.25, 0.3) is 0 Å². The van der Waals surface area contributed by atoms with Crippen LogP contribution in [-0.4, -0.2) is 30.6 Å². The molecule has 2 aromatic heterocycles. The van der Waals surface area contributed by atoms with E-state index in [1.807, 2.05) is 6.07 Å². The van der Waals surface area contributed by atoms with Crippen LogP contribution in [-0.2, 0) is 14.1 Å². The van der Waals surface area contributed by atoms with Crippen molar-refractivity contribution in [3.8, 4) is 6.07 Å². The van der Waals surface area contributed by atoms with Crippen LogP contribution in [0.3, 0.4) is 0 Å². The highest BCUT2D eigenvalue weighted by atomic mass is 32.2. The highest BCUT2D eigenvalue weighted by molar-refractivity contribution is 7.99. The Kier molecular flexibility index (Phi) is 4.57. The molecule has 0 fully saturated rings. The SMILES string of the molecule is Cn1c(=S)c2[nH]c(SCC(=O)c3cccc(C#N)c3)nc2n(C)c1=O. The second-order valence-corrected chi connectivity index (χ2v) is 6.70. The molecule has 0 aliphatic rings. The number of aryl methyl sites for hydroxylation is 1. The van der Waals surface area contributed by atoms with Crippen LogP contribution in [0.4, 0.5) is 0 Å². The maximum absolute atomic E-state index is 12.3. The lowest BCUT2D eigenvalue weighted by molar-refractivity contribution is 0.102. The standard InChI is InChI=1S/C16H13N5O2S2/c1-20-13-12(14(24)21(2)16(20)23)18-15(19-13)25-8-11(22)10-5-3-4-9(6-10)7-17/h3-6H,8H2,1-2H3,(H,18,19). The summed E-state index contributed by atoms with van der Waals surface area (Å²) in [6.07, 6.45) is 0. The monoisotopic (exact) mass is 371 g/mol. The van der Waals surface area contributed by atoms with Gasteiger partial charge in [0.15, 0.2) is 16.6 Å². The fourth-order valence-electron chi connectivity index (χ4n) is 2.35. The molecular formula is C16H13N5O2S2. The third kappa shape index (κ3) is 3.14. The van der Waals surface area contributed by atoms with Crippen molar-refractivity contribution in [1.82, 2.24) is 19.1 Å². The van der Waals surface area contributed by atoms with Crippen LogP contribution in [0.5, 0.6) is 0 Å². The molecule has 0 amide bonds. The second-order valence-electron chi connectivity index (χ2n) is 5.35. The molecule has 0 saturated carbocycles. The van der Waals surface area contributed by atoms with E-state index in [2.05, 4.69) is 9.97 Å². The molecule has 2 heterocycles. The van der Waals surface area contributed by atoms with Crippen molar-refractivity contribution in [3.05, 3.63) is 50.5 Å². The second kappa shape index (κ2) is 6.66. The van der Waals surface area contributed by atoms with Gasteiger partial charge in [-0.3, -0.25) is 13.9 Å². The van der Waals surface area contributed by atoms with Gasteiger partial charge in [0.05, 0.1) is 17.4 Å². The molecular weight excluding hydrogens is 358 g/mol. The number of nitrogens with zero attached hydrogens (tertiary/aromatic N) is 4. The van der Waals surface area contributed by atoms with Gasteiger partial charge in [0.2, 0.25) is 0 Å². The quantitative estimate of drug-likeness (QED) is 0.429. The fourth-order valence-corrected chi connectivity index (χ4v) is 3.33. The van der Waals surface area contributed by atoms with Gasteiger partial charge in [-0.1, -0.05) is 36.1 Å². The van der Waals surface area contributed by atoms with Crippen LogP contribution in [0.25, 0.3) is 11.2 Å². The number of benzene rings is 1. The molecule has 25 heavy (non-hydrogen) atoms. The number of carbonyl (C=O) groups excluding carboxylic acids is 1. The smallest absolute Gasteiger partial charge is 0.329 e. The first-order chi connectivity index (χ1) is 11.9. The van der Waals surface area contributed by atoms with Gasteiger partial charge in [-0.2, -0.15) is 5.26 Å². The van der Waals surface area contributed by atoms with E-state index < -0.39 is 0 Å². The van der Waals surface area contributed by atoms with Crippen molar-refractivity contribution in [1.29, 1.82) is 5.26 Å². The first kappa shape index (κ1) is 17.1. The molecule has 9 heteroatoms. The van der Waals surface area contributed by atoms with Crippen molar-refractivity contribution in [3.63, 3.8) is 0 Å². The van der Waals surface area contributed by atoms with E-state index in [0.717, 1.165) is 0 Å². The molecule has 0 unspecified atom stereocenters. The molecule has 7 nitrogen and oxygen atoms in total. The number of aromatic amines is 1. The molecule has 1 N–H and O–H groups in total. The van der Waals surface area contributed by atoms with Crippen molar-refractivity contribution < 1.29 is 4.79 Å². The number of nitriles is 1. The molecule has 0 radical (unpaired) electrons. The van der Waals surface area contributed by atoms with Gasteiger partial charge in [0.1, 0.15) is 10.2 Å². The fraction of sp³-hybridized carbons (Fsp3) is 0.188. The third-order valence-electron chi connectivity index (χ3n) is 3.73. The molecule has 0 saturated heterocycles. The van der Waals surface area contributed by atoms with Crippen LogP contribution in [0.1, 0.15) is 15.9 Å². The zero-order valence-corrected chi connectivity index (χ0v) is 15.1. The number of H-pyrrole nitrogens is 1. The van der Waals surface area contributed by atoms with Crippen LogP contribution in [0.15, 0.2) is 34.2 Å². The lowest BCUT2D eigenvalue weighted by atomic mass is 10.1. The number of ketones is 1. The number of thioether (sulfide) groups is 1. The molecule has 0 spiro atoms. The predicted molar refractivity (Wildman–Crippen MR) is 97.4 cm³/mol. The molecule has 3 aromatic rings. The Bertz CT molecular complexity index is 1150. The van der Waals surface area contributed by atoms with E-state index in [-0.39, 0.29) is 17.2 Å². The van der Waals surface area contributed by atoms with Gasteiger partial charge < -0.3 is 4.98 Å². The van der Waals surface area contributed by atoms with E-state index in [9.17, 15) is 9.59 Å². The Hall–Kier alpha value is -2.70. The largest absolute Gasteiger partial charge is 0.330 e. The van der Waals surface area contributed by atoms with Crippen LogP contribution >= 0.6 is 24.0 Å². The molecule has 3 rings (SSSR count). The maximum atomic E-state index is 12.3. The Balaban J connectivity index is 1.87. The van der Waals surface area contributed by atoms with E-state index in [0.29, 0.717) is 32.1 Å². The summed E-state index contributed by atoms with van der Waals surface area (Å²) in [7, 11) is 3.22. The normalized spacial score (nSPS) is 10.8. The van der Waals surface area contributed by atoms with Crippen molar-refractivity contribution in [2.45, 2.75) is 5.16 Å². The van der Waals surface area contributed by atoms with E-state index >= 15 is 0 Å². The van der Waals surface area contributed by atoms with E-state index in [1.54, 1.807) is 38.4 Å². The van der Waals surface area contributed by atoms with Gasteiger partial charge >= 0.3 is 5.69 Å². The Morgan fingerprint density at radius 2 is 2.16 bits per heavy atom. The predicted octanol–water partition coefficient (Wildman–Crippen LogP) is 2.18. The summed E-state index contributed by atoms with van der Waals surface area (Å²) >= 11 is 6.49. The molecule has 0 bridgehead atoms. The highest BCUT2D eigenvalue weighted by Gasteiger charge is 2.13. The lowest BCUT2D eigenvalue weighted by Crippen LogP contribution is -2.27. The van der Waals surface area contributed by atoms with Crippen molar-refractivity contribution >= 4 is 40.9 Å². The topological polar surface area (TPSA) is 96.5 Å². The number of hydrogen-bond donors (Lipinski definition) is 1. The van der Waals surface area contributed by atoms with Gasteiger partial charge in [-0.05, 0) is 12.1 Å². The number of hydrogen-bond acceptors (Lipinski definition) is 6.